The summed E-state index contributed by atoms with van der Waals surface area (Å²) in [7, 11) is 0. The fraction of sp³-hybridized carbons (Fsp3) is 0.188. The second kappa shape index (κ2) is 7.00. The van der Waals surface area contributed by atoms with E-state index in [1.54, 1.807) is 35.3 Å². The molecule has 0 aliphatic heterocycles. The van der Waals surface area contributed by atoms with Gasteiger partial charge in [0.1, 0.15) is 0 Å². The summed E-state index contributed by atoms with van der Waals surface area (Å²) in [5.41, 5.74) is 0.700. The molecule has 0 atom stereocenters. The lowest BCUT2D eigenvalue weighted by Crippen LogP contribution is -2.31. The van der Waals surface area contributed by atoms with E-state index in [0.29, 0.717) is 24.2 Å². The molecule has 0 unspecified atom stereocenters. The van der Waals surface area contributed by atoms with Crippen LogP contribution >= 0.6 is 11.3 Å². The topological polar surface area (TPSA) is 63.5 Å². The summed E-state index contributed by atoms with van der Waals surface area (Å²) < 4.78 is 0. The molecule has 0 fully saturated rings. The van der Waals surface area contributed by atoms with Gasteiger partial charge in [-0.05, 0) is 24.4 Å². The van der Waals surface area contributed by atoms with E-state index in [-0.39, 0.29) is 11.6 Å². The molecule has 2 rings (SSSR count). The molecule has 6 heteroatoms. The van der Waals surface area contributed by atoms with Gasteiger partial charge in [0.2, 0.25) is 0 Å². The minimum Gasteiger partial charge on any atom is -0.330 e. The molecule has 1 aromatic heterocycles. The second-order valence-corrected chi connectivity index (χ2v) is 5.79. The Hall–Kier alpha value is -2.47. The normalized spacial score (nSPS) is 10.2. The summed E-state index contributed by atoms with van der Waals surface area (Å²) in [6.07, 6.45) is 1.65. The number of nitro benzene ring substituents is 1. The van der Waals surface area contributed by atoms with E-state index < -0.39 is 4.92 Å². The fourth-order valence-electron chi connectivity index (χ4n) is 2.19. The Morgan fingerprint density at radius 2 is 2.18 bits per heavy atom. The van der Waals surface area contributed by atoms with Gasteiger partial charge >= 0.3 is 0 Å². The Morgan fingerprint density at radius 1 is 1.41 bits per heavy atom. The van der Waals surface area contributed by atoms with Crippen LogP contribution in [0.25, 0.3) is 0 Å². The number of nitrogens with zero attached hydrogens (tertiary/aromatic N) is 2. The highest BCUT2D eigenvalue weighted by atomic mass is 32.1. The van der Waals surface area contributed by atoms with Crippen molar-refractivity contribution in [2.24, 2.45) is 0 Å². The first-order valence-electron chi connectivity index (χ1n) is 6.71. The Bertz CT molecular complexity index is 695. The maximum atomic E-state index is 12.7. The molecule has 22 heavy (non-hydrogen) atoms. The van der Waals surface area contributed by atoms with Crippen molar-refractivity contribution >= 4 is 22.9 Å². The fourth-order valence-corrected chi connectivity index (χ4v) is 2.91. The third kappa shape index (κ3) is 3.40. The lowest BCUT2D eigenvalue weighted by molar-refractivity contribution is -0.385. The van der Waals surface area contributed by atoms with Crippen LogP contribution < -0.4 is 0 Å². The predicted molar refractivity (Wildman–Crippen MR) is 87.1 cm³/mol. The molecule has 0 radical (unpaired) electrons. The highest BCUT2D eigenvalue weighted by Gasteiger charge is 2.22. The number of rotatable bonds is 6. The number of nitro groups is 1. The molecule has 0 aliphatic carbocycles. The van der Waals surface area contributed by atoms with Crippen molar-refractivity contribution in [3.8, 4) is 0 Å². The maximum absolute atomic E-state index is 12.7. The highest BCUT2D eigenvalue weighted by Crippen LogP contribution is 2.23. The molecule has 5 nitrogen and oxygen atoms in total. The number of carbonyl (C=O) groups excluding carboxylic acids is 1. The van der Waals surface area contributed by atoms with Gasteiger partial charge in [0.15, 0.2) is 0 Å². The SMILES string of the molecule is C=CCN(Cc1cccs1)C(=O)c1cccc([N+](=O)[O-])c1C. The van der Waals surface area contributed by atoms with Crippen molar-refractivity contribution in [2.45, 2.75) is 13.5 Å². The zero-order valence-electron chi connectivity index (χ0n) is 12.2. The molecule has 2 aromatic rings. The quantitative estimate of drug-likeness (QED) is 0.462. The van der Waals surface area contributed by atoms with E-state index in [1.165, 1.54) is 12.1 Å². The monoisotopic (exact) mass is 316 g/mol. The summed E-state index contributed by atoms with van der Waals surface area (Å²) in [5, 5.41) is 13.0. The summed E-state index contributed by atoms with van der Waals surface area (Å²) in [6.45, 7) is 6.13. The molecule has 0 saturated heterocycles. The number of carbonyl (C=O) groups is 1. The third-order valence-corrected chi connectivity index (χ3v) is 4.16. The minimum atomic E-state index is -0.469. The Labute approximate surface area is 132 Å². The molecular weight excluding hydrogens is 300 g/mol. The molecule has 0 N–H and O–H groups in total. The van der Waals surface area contributed by atoms with Crippen LogP contribution in [-0.2, 0) is 6.54 Å². The zero-order valence-corrected chi connectivity index (χ0v) is 13.0. The van der Waals surface area contributed by atoms with Crippen LogP contribution in [0.3, 0.4) is 0 Å². The lowest BCUT2D eigenvalue weighted by Gasteiger charge is -2.21. The van der Waals surface area contributed by atoms with Gasteiger partial charge in [-0.3, -0.25) is 14.9 Å². The van der Waals surface area contributed by atoms with Crippen molar-refractivity contribution < 1.29 is 9.72 Å². The average molecular weight is 316 g/mol. The summed E-state index contributed by atoms with van der Waals surface area (Å²) in [4.78, 5) is 25.9. The van der Waals surface area contributed by atoms with Crippen molar-refractivity contribution in [2.75, 3.05) is 6.54 Å². The summed E-state index contributed by atoms with van der Waals surface area (Å²) in [5.74, 6) is -0.227. The van der Waals surface area contributed by atoms with E-state index in [0.717, 1.165) is 4.88 Å². The molecule has 0 aliphatic rings. The third-order valence-electron chi connectivity index (χ3n) is 3.30. The Morgan fingerprint density at radius 3 is 2.77 bits per heavy atom. The van der Waals surface area contributed by atoms with E-state index in [1.807, 2.05) is 17.5 Å². The summed E-state index contributed by atoms with van der Waals surface area (Å²) in [6, 6.07) is 8.44. The molecule has 0 saturated carbocycles. The number of hydrogen-bond donors (Lipinski definition) is 0. The molecule has 0 bridgehead atoms. The van der Waals surface area contributed by atoms with Gasteiger partial charge < -0.3 is 4.90 Å². The van der Waals surface area contributed by atoms with Crippen LogP contribution in [0.5, 0.6) is 0 Å². The van der Waals surface area contributed by atoms with E-state index in [2.05, 4.69) is 6.58 Å². The van der Waals surface area contributed by atoms with Crippen LogP contribution in [0.1, 0.15) is 20.8 Å². The van der Waals surface area contributed by atoms with Gasteiger partial charge in [0, 0.05) is 28.6 Å². The molecule has 114 valence electrons. The van der Waals surface area contributed by atoms with Gasteiger partial charge in [-0.25, -0.2) is 0 Å². The van der Waals surface area contributed by atoms with Crippen molar-refractivity contribution in [3.63, 3.8) is 0 Å². The van der Waals surface area contributed by atoms with Crippen LogP contribution in [-0.4, -0.2) is 22.3 Å². The number of thiophene rings is 1. The molecule has 0 spiro atoms. The summed E-state index contributed by atoms with van der Waals surface area (Å²) >= 11 is 1.57. The average Bonchev–Trinajstić information content (AvgIpc) is 2.99. The van der Waals surface area contributed by atoms with Crippen LogP contribution in [0.4, 0.5) is 5.69 Å². The van der Waals surface area contributed by atoms with Crippen molar-refractivity contribution in [1.29, 1.82) is 0 Å². The first kappa shape index (κ1) is 15.9. The lowest BCUT2D eigenvalue weighted by atomic mass is 10.1. The maximum Gasteiger partial charge on any atom is 0.273 e. The Kier molecular flexibility index (Phi) is 5.06. The van der Waals surface area contributed by atoms with Crippen molar-refractivity contribution in [3.05, 3.63) is 74.5 Å². The standard InChI is InChI=1S/C16H16N2O3S/c1-3-9-17(11-13-6-5-10-22-13)16(19)14-7-4-8-15(12(14)2)18(20)21/h3-8,10H,1,9,11H2,2H3. The molecule has 1 heterocycles. The van der Waals surface area contributed by atoms with Gasteiger partial charge in [-0.2, -0.15) is 0 Å². The van der Waals surface area contributed by atoms with Crippen LogP contribution in [0, 0.1) is 17.0 Å². The number of amides is 1. The van der Waals surface area contributed by atoms with Crippen LogP contribution in [0.15, 0.2) is 48.4 Å². The van der Waals surface area contributed by atoms with Crippen molar-refractivity contribution in [1.82, 2.24) is 4.90 Å². The smallest absolute Gasteiger partial charge is 0.273 e. The minimum absolute atomic E-state index is 0.0412. The zero-order chi connectivity index (χ0) is 16.1. The predicted octanol–water partition coefficient (Wildman–Crippen LogP) is 3.79. The molecular formula is C16H16N2O3S. The first-order chi connectivity index (χ1) is 10.5. The van der Waals surface area contributed by atoms with Gasteiger partial charge in [0.25, 0.3) is 11.6 Å². The Balaban J connectivity index is 2.32. The number of benzene rings is 1. The van der Waals surface area contributed by atoms with E-state index >= 15 is 0 Å². The van der Waals surface area contributed by atoms with Gasteiger partial charge in [-0.15, -0.1) is 17.9 Å². The van der Waals surface area contributed by atoms with E-state index in [9.17, 15) is 14.9 Å². The van der Waals surface area contributed by atoms with Gasteiger partial charge in [0.05, 0.1) is 11.5 Å². The van der Waals surface area contributed by atoms with Crippen LogP contribution in [0.2, 0.25) is 0 Å². The molecule has 1 aromatic carbocycles. The second-order valence-electron chi connectivity index (χ2n) is 4.76. The first-order valence-corrected chi connectivity index (χ1v) is 7.59. The highest BCUT2D eigenvalue weighted by molar-refractivity contribution is 7.09. The molecule has 1 amide bonds. The number of hydrogen-bond acceptors (Lipinski definition) is 4. The largest absolute Gasteiger partial charge is 0.330 e. The van der Waals surface area contributed by atoms with Gasteiger partial charge in [-0.1, -0.05) is 18.2 Å². The van der Waals surface area contributed by atoms with E-state index in [4.69, 9.17) is 0 Å².